The van der Waals surface area contributed by atoms with Gasteiger partial charge < -0.3 is 5.11 Å². The van der Waals surface area contributed by atoms with Crippen molar-refractivity contribution in [3.63, 3.8) is 0 Å². The minimum absolute atomic E-state index is 0.178. The fourth-order valence-corrected chi connectivity index (χ4v) is 2.87. The Labute approximate surface area is 131 Å². The summed E-state index contributed by atoms with van der Waals surface area (Å²) in [6, 6.07) is 25.3. The van der Waals surface area contributed by atoms with Crippen LogP contribution in [0, 0.1) is 0 Å². The van der Waals surface area contributed by atoms with Gasteiger partial charge in [0.15, 0.2) is 0 Å². The summed E-state index contributed by atoms with van der Waals surface area (Å²) in [5.74, 6) is 0. The van der Waals surface area contributed by atoms with Crippen molar-refractivity contribution in [3.8, 4) is 0 Å². The van der Waals surface area contributed by atoms with Crippen molar-refractivity contribution in [2.24, 2.45) is 0 Å². The third-order valence-corrected chi connectivity index (χ3v) is 3.94. The van der Waals surface area contributed by atoms with E-state index in [1.807, 2.05) is 6.07 Å². The molecule has 0 radical (unpaired) electrons. The molecule has 0 spiro atoms. The molecule has 2 nitrogen and oxygen atoms in total. The van der Waals surface area contributed by atoms with Crippen LogP contribution in [-0.2, 0) is 13.1 Å². The summed E-state index contributed by atoms with van der Waals surface area (Å²) in [5.41, 5.74) is 2.58. The van der Waals surface area contributed by atoms with Gasteiger partial charge in [-0.2, -0.15) is 0 Å². The van der Waals surface area contributed by atoms with E-state index in [4.69, 9.17) is 0 Å². The second kappa shape index (κ2) is 7.21. The van der Waals surface area contributed by atoms with Crippen molar-refractivity contribution >= 4 is 10.8 Å². The van der Waals surface area contributed by atoms with Gasteiger partial charge in [0.05, 0.1) is 6.61 Å². The van der Waals surface area contributed by atoms with Gasteiger partial charge in [0, 0.05) is 19.6 Å². The van der Waals surface area contributed by atoms with Crippen LogP contribution in [0.25, 0.3) is 10.8 Å². The van der Waals surface area contributed by atoms with Gasteiger partial charge in [-0.1, -0.05) is 72.8 Å². The van der Waals surface area contributed by atoms with Gasteiger partial charge in [0.2, 0.25) is 0 Å². The second-order valence-electron chi connectivity index (χ2n) is 5.56. The van der Waals surface area contributed by atoms with Crippen molar-refractivity contribution in [2.45, 2.75) is 13.1 Å². The summed E-state index contributed by atoms with van der Waals surface area (Å²) in [6.07, 6.45) is 0. The van der Waals surface area contributed by atoms with Crippen molar-refractivity contribution in [1.82, 2.24) is 4.90 Å². The summed E-state index contributed by atoms with van der Waals surface area (Å²) in [7, 11) is 0. The molecule has 0 fully saturated rings. The summed E-state index contributed by atoms with van der Waals surface area (Å²) in [4.78, 5) is 2.29. The first kappa shape index (κ1) is 14.8. The molecule has 112 valence electrons. The fraction of sp³-hybridized carbons (Fsp3) is 0.200. The van der Waals surface area contributed by atoms with Crippen molar-refractivity contribution in [2.75, 3.05) is 13.2 Å². The van der Waals surface area contributed by atoms with Crippen LogP contribution in [0.3, 0.4) is 0 Å². The molecule has 2 heteroatoms. The molecule has 0 bridgehead atoms. The molecule has 0 amide bonds. The van der Waals surface area contributed by atoms with Gasteiger partial charge in [0.25, 0.3) is 0 Å². The molecule has 1 N–H and O–H groups in total. The van der Waals surface area contributed by atoms with Gasteiger partial charge in [-0.3, -0.25) is 4.90 Å². The molecule has 22 heavy (non-hydrogen) atoms. The monoisotopic (exact) mass is 291 g/mol. The molecule has 0 saturated heterocycles. The molecule has 0 heterocycles. The number of benzene rings is 3. The first-order chi connectivity index (χ1) is 10.9. The lowest BCUT2D eigenvalue weighted by Gasteiger charge is -2.22. The van der Waals surface area contributed by atoms with Crippen molar-refractivity contribution < 1.29 is 5.11 Å². The normalized spacial score (nSPS) is 11.2. The number of fused-ring (bicyclic) bond motifs is 1. The Morgan fingerprint density at radius 3 is 2.27 bits per heavy atom. The molecule has 0 atom stereocenters. The van der Waals surface area contributed by atoms with E-state index in [9.17, 15) is 5.11 Å². The largest absolute Gasteiger partial charge is 0.395 e. The molecular formula is C20H21NO. The summed E-state index contributed by atoms with van der Waals surface area (Å²) in [5, 5.41) is 11.9. The molecule has 0 aliphatic rings. The first-order valence-electron chi connectivity index (χ1n) is 7.70. The Morgan fingerprint density at radius 1 is 0.727 bits per heavy atom. The number of hydrogen-bond acceptors (Lipinski definition) is 2. The maximum Gasteiger partial charge on any atom is 0.0558 e. The number of rotatable bonds is 6. The zero-order chi connectivity index (χ0) is 15.2. The van der Waals surface area contributed by atoms with Gasteiger partial charge >= 0.3 is 0 Å². The Bertz CT molecular complexity index is 719. The predicted molar refractivity (Wildman–Crippen MR) is 91.6 cm³/mol. The van der Waals surface area contributed by atoms with Crippen molar-refractivity contribution in [1.29, 1.82) is 0 Å². The van der Waals surface area contributed by atoms with Crippen LogP contribution in [-0.4, -0.2) is 23.2 Å². The smallest absolute Gasteiger partial charge is 0.0558 e. The highest BCUT2D eigenvalue weighted by Crippen LogP contribution is 2.20. The molecule has 3 rings (SSSR count). The zero-order valence-corrected chi connectivity index (χ0v) is 12.7. The fourth-order valence-electron chi connectivity index (χ4n) is 2.87. The number of aliphatic hydroxyl groups excluding tert-OH is 1. The van der Waals surface area contributed by atoms with Crippen LogP contribution in [0.4, 0.5) is 0 Å². The lowest BCUT2D eigenvalue weighted by atomic mass is 10.0. The maximum atomic E-state index is 9.36. The Morgan fingerprint density at radius 2 is 1.45 bits per heavy atom. The predicted octanol–water partition coefficient (Wildman–Crippen LogP) is 3.83. The highest BCUT2D eigenvalue weighted by molar-refractivity contribution is 5.85. The van der Waals surface area contributed by atoms with E-state index in [-0.39, 0.29) is 6.61 Å². The topological polar surface area (TPSA) is 23.5 Å². The van der Waals surface area contributed by atoms with Crippen molar-refractivity contribution in [3.05, 3.63) is 83.9 Å². The summed E-state index contributed by atoms with van der Waals surface area (Å²) < 4.78 is 0. The van der Waals surface area contributed by atoms with Crippen LogP contribution >= 0.6 is 0 Å². The van der Waals surface area contributed by atoms with Gasteiger partial charge in [-0.05, 0) is 21.9 Å². The lowest BCUT2D eigenvalue weighted by Crippen LogP contribution is -2.26. The van der Waals surface area contributed by atoms with E-state index in [2.05, 4.69) is 71.6 Å². The molecule has 0 aliphatic carbocycles. The Hall–Kier alpha value is -2.16. The molecular weight excluding hydrogens is 270 g/mol. The van der Waals surface area contributed by atoms with E-state index in [1.165, 1.54) is 21.9 Å². The van der Waals surface area contributed by atoms with E-state index < -0.39 is 0 Å². The third kappa shape index (κ3) is 3.53. The zero-order valence-electron chi connectivity index (χ0n) is 12.7. The highest BCUT2D eigenvalue weighted by Gasteiger charge is 2.08. The molecule has 0 aliphatic heterocycles. The molecule has 0 unspecified atom stereocenters. The quantitative estimate of drug-likeness (QED) is 0.746. The van der Waals surface area contributed by atoms with Gasteiger partial charge in [0.1, 0.15) is 0 Å². The summed E-state index contributed by atoms with van der Waals surface area (Å²) >= 11 is 0. The molecule has 0 saturated carbocycles. The minimum Gasteiger partial charge on any atom is -0.395 e. The molecule has 3 aromatic carbocycles. The SMILES string of the molecule is OCCN(Cc1ccccc1)Cc1cccc2ccccc12. The molecule has 0 aromatic heterocycles. The van der Waals surface area contributed by atoms with Crippen LogP contribution in [0.1, 0.15) is 11.1 Å². The highest BCUT2D eigenvalue weighted by atomic mass is 16.3. The van der Waals surface area contributed by atoms with Gasteiger partial charge in [-0.15, -0.1) is 0 Å². The average molecular weight is 291 g/mol. The van der Waals surface area contributed by atoms with Crippen LogP contribution in [0.5, 0.6) is 0 Å². The Balaban J connectivity index is 1.83. The standard InChI is InChI=1S/C20H21NO/c22-14-13-21(15-17-7-2-1-3-8-17)16-19-11-6-10-18-9-4-5-12-20(18)19/h1-12,22H,13-16H2. The lowest BCUT2D eigenvalue weighted by molar-refractivity contribution is 0.185. The van der Waals surface area contributed by atoms with E-state index in [1.54, 1.807) is 0 Å². The number of hydrogen-bond donors (Lipinski definition) is 1. The number of nitrogens with zero attached hydrogens (tertiary/aromatic N) is 1. The van der Waals surface area contributed by atoms with Gasteiger partial charge in [-0.25, -0.2) is 0 Å². The Kier molecular flexibility index (Phi) is 4.84. The van der Waals surface area contributed by atoms with Crippen LogP contribution in [0.15, 0.2) is 72.8 Å². The number of aliphatic hydroxyl groups is 1. The molecule has 3 aromatic rings. The van der Waals surface area contributed by atoms with E-state index >= 15 is 0 Å². The second-order valence-corrected chi connectivity index (χ2v) is 5.56. The van der Waals surface area contributed by atoms with E-state index in [0.717, 1.165) is 13.1 Å². The average Bonchev–Trinajstić information content (AvgIpc) is 2.56. The third-order valence-electron chi connectivity index (χ3n) is 3.94. The summed E-state index contributed by atoms with van der Waals surface area (Å²) in [6.45, 7) is 2.55. The van der Waals surface area contributed by atoms with E-state index in [0.29, 0.717) is 6.54 Å². The minimum atomic E-state index is 0.178. The van der Waals surface area contributed by atoms with Crippen LogP contribution < -0.4 is 0 Å². The maximum absolute atomic E-state index is 9.36. The first-order valence-corrected chi connectivity index (χ1v) is 7.70. The van der Waals surface area contributed by atoms with Crippen LogP contribution in [0.2, 0.25) is 0 Å².